The predicted octanol–water partition coefficient (Wildman–Crippen LogP) is 2.07. The zero-order valence-corrected chi connectivity index (χ0v) is 13.8. The molecular weight excluding hydrogens is 300 g/mol. The Bertz CT molecular complexity index is 748. The van der Waals surface area contributed by atoms with E-state index in [-0.39, 0.29) is 5.43 Å². The minimum Gasteiger partial charge on any atom is -0.495 e. The summed E-state index contributed by atoms with van der Waals surface area (Å²) < 4.78 is 5.35. The second-order valence-electron chi connectivity index (χ2n) is 6.04. The highest BCUT2D eigenvalue weighted by Gasteiger charge is 2.20. The van der Waals surface area contributed by atoms with Crippen LogP contribution in [0.15, 0.2) is 16.9 Å². The number of hydrogen-bond donors (Lipinski definition) is 2. The Morgan fingerprint density at radius 3 is 2.68 bits per heavy atom. The number of aryl methyl sites for hydroxylation is 1. The number of rotatable bonds is 3. The average molecular weight is 322 g/mol. The Labute approximate surface area is 135 Å². The third-order valence-electron chi connectivity index (χ3n) is 4.59. The first-order chi connectivity index (χ1) is 10.6. The van der Waals surface area contributed by atoms with Crippen molar-refractivity contribution in [3.63, 3.8) is 0 Å². The van der Waals surface area contributed by atoms with E-state index in [9.17, 15) is 4.79 Å². The summed E-state index contributed by atoms with van der Waals surface area (Å²) in [6.45, 7) is 5.01. The van der Waals surface area contributed by atoms with Gasteiger partial charge in [-0.25, -0.2) is 0 Å². The minimum atomic E-state index is 0.0354. The summed E-state index contributed by atoms with van der Waals surface area (Å²) in [7, 11) is 1.60. The molecular formula is C17H22ClN2O2+. The normalized spacial score (nSPS) is 16.1. The van der Waals surface area contributed by atoms with Crippen LogP contribution in [0.2, 0.25) is 5.02 Å². The van der Waals surface area contributed by atoms with Gasteiger partial charge in [0.1, 0.15) is 12.3 Å². The molecule has 0 radical (unpaired) electrons. The maximum absolute atomic E-state index is 12.9. The summed E-state index contributed by atoms with van der Waals surface area (Å²) in [5.74, 6) is 0.650. The second kappa shape index (κ2) is 6.31. The maximum Gasteiger partial charge on any atom is 0.200 e. The number of aromatic nitrogens is 1. The van der Waals surface area contributed by atoms with Crippen molar-refractivity contribution in [2.75, 3.05) is 20.2 Å². The number of fused-ring (bicyclic) bond motifs is 1. The lowest BCUT2D eigenvalue weighted by molar-refractivity contribution is -0.918. The number of benzene rings is 1. The molecule has 1 aromatic carbocycles. The molecule has 22 heavy (non-hydrogen) atoms. The van der Waals surface area contributed by atoms with Crippen LogP contribution in [0.4, 0.5) is 0 Å². The van der Waals surface area contributed by atoms with Crippen molar-refractivity contribution in [1.82, 2.24) is 4.98 Å². The number of pyridine rings is 1. The van der Waals surface area contributed by atoms with Gasteiger partial charge in [-0.05, 0) is 38.3 Å². The van der Waals surface area contributed by atoms with E-state index in [0.29, 0.717) is 21.7 Å². The molecule has 2 aromatic rings. The van der Waals surface area contributed by atoms with Gasteiger partial charge in [-0.1, -0.05) is 11.6 Å². The van der Waals surface area contributed by atoms with Gasteiger partial charge in [-0.15, -0.1) is 0 Å². The van der Waals surface area contributed by atoms with Crippen LogP contribution in [-0.4, -0.2) is 25.2 Å². The van der Waals surface area contributed by atoms with Crippen molar-refractivity contribution in [1.29, 1.82) is 0 Å². The molecule has 0 aliphatic carbocycles. The quantitative estimate of drug-likeness (QED) is 0.909. The first-order valence-electron chi connectivity index (χ1n) is 7.83. The average Bonchev–Trinajstić information content (AvgIpc) is 2.52. The van der Waals surface area contributed by atoms with E-state index in [4.69, 9.17) is 16.3 Å². The van der Waals surface area contributed by atoms with Crippen molar-refractivity contribution in [3.8, 4) is 5.75 Å². The number of nitrogens with one attached hydrogen (secondary N) is 2. The van der Waals surface area contributed by atoms with Crippen molar-refractivity contribution in [3.05, 3.63) is 38.6 Å². The van der Waals surface area contributed by atoms with Gasteiger partial charge in [-0.2, -0.15) is 0 Å². The lowest BCUT2D eigenvalue weighted by Crippen LogP contribution is -3.11. The van der Waals surface area contributed by atoms with E-state index in [2.05, 4.69) is 4.98 Å². The summed E-state index contributed by atoms with van der Waals surface area (Å²) in [4.78, 5) is 17.7. The molecule has 1 fully saturated rings. The van der Waals surface area contributed by atoms with Gasteiger partial charge < -0.3 is 14.6 Å². The van der Waals surface area contributed by atoms with Crippen LogP contribution in [0.1, 0.15) is 30.5 Å². The molecule has 2 heterocycles. The highest BCUT2D eigenvalue weighted by molar-refractivity contribution is 6.35. The van der Waals surface area contributed by atoms with Gasteiger partial charge >= 0.3 is 0 Å². The van der Waals surface area contributed by atoms with Gasteiger partial charge in [0, 0.05) is 5.69 Å². The van der Waals surface area contributed by atoms with E-state index in [1.54, 1.807) is 19.2 Å². The first-order valence-corrected chi connectivity index (χ1v) is 8.21. The van der Waals surface area contributed by atoms with Crippen LogP contribution in [0.25, 0.3) is 10.9 Å². The van der Waals surface area contributed by atoms with Gasteiger partial charge in [0.25, 0.3) is 0 Å². The van der Waals surface area contributed by atoms with Crippen LogP contribution in [0, 0.1) is 6.92 Å². The summed E-state index contributed by atoms with van der Waals surface area (Å²) in [5, 5.41) is 1.02. The number of H-pyrrole nitrogens is 1. The third-order valence-corrected chi connectivity index (χ3v) is 4.90. The number of ether oxygens (including phenoxy) is 1. The zero-order chi connectivity index (χ0) is 15.7. The molecule has 0 unspecified atom stereocenters. The summed E-state index contributed by atoms with van der Waals surface area (Å²) in [6, 6.07) is 3.51. The SMILES string of the molecule is COc1ccc(Cl)c2c(=O)c(C[NH+]3CCCCC3)c(C)[nH]c12. The number of piperidine rings is 1. The van der Waals surface area contributed by atoms with Crippen LogP contribution in [0.5, 0.6) is 5.75 Å². The van der Waals surface area contributed by atoms with Crippen LogP contribution >= 0.6 is 11.6 Å². The summed E-state index contributed by atoms with van der Waals surface area (Å²) in [5.41, 5.74) is 2.49. The van der Waals surface area contributed by atoms with E-state index in [1.165, 1.54) is 24.2 Å². The Morgan fingerprint density at radius 2 is 2.00 bits per heavy atom. The molecule has 1 aromatic heterocycles. The Hall–Kier alpha value is -1.52. The Kier molecular flexibility index (Phi) is 4.41. The zero-order valence-electron chi connectivity index (χ0n) is 13.1. The fourth-order valence-electron chi connectivity index (χ4n) is 3.35. The maximum atomic E-state index is 12.9. The van der Waals surface area contributed by atoms with Gasteiger partial charge in [0.15, 0.2) is 5.43 Å². The van der Waals surface area contributed by atoms with Crippen LogP contribution in [-0.2, 0) is 6.54 Å². The monoisotopic (exact) mass is 321 g/mol. The lowest BCUT2D eigenvalue weighted by atomic mass is 10.1. The van der Waals surface area contributed by atoms with Crippen LogP contribution < -0.4 is 15.1 Å². The largest absolute Gasteiger partial charge is 0.495 e. The molecule has 118 valence electrons. The second-order valence-corrected chi connectivity index (χ2v) is 6.45. The van der Waals surface area contributed by atoms with Crippen molar-refractivity contribution in [2.45, 2.75) is 32.7 Å². The molecule has 0 spiro atoms. The molecule has 0 saturated carbocycles. The third kappa shape index (κ3) is 2.73. The van der Waals surface area contributed by atoms with Gasteiger partial charge in [0.2, 0.25) is 0 Å². The fourth-order valence-corrected chi connectivity index (χ4v) is 3.59. The predicted molar refractivity (Wildman–Crippen MR) is 89.1 cm³/mol. The van der Waals surface area contributed by atoms with E-state index >= 15 is 0 Å². The molecule has 0 bridgehead atoms. The van der Waals surface area contributed by atoms with Crippen LogP contribution in [0.3, 0.4) is 0 Å². The molecule has 1 saturated heterocycles. The number of hydrogen-bond acceptors (Lipinski definition) is 2. The molecule has 1 aliphatic heterocycles. The smallest absolute Gasteiger partial charge is 0.200 e. The number of quaternary nitrogens is 1. The highest BCUT2D eigenvalue weighted by atomic mass is 35.5. The summed E-state index contributed by atoms with van der Waals surface area (Å²) >= 11 is 6.28. The van der Waals surface area contributed by atoms with Crippen molar-refractivity contribution in [2.24, 2.45) is 0 Å². The Morgan fingerprint density at radius 1 is 1.27 bits per heavy atom. The number of methoxy groups -OCH3 is 1. The number of halogens is 1. The summed E-state index contributed by atoms with van der Waals surface area (Å²) in [6.07, 6.45) is 3.79. The lowest BCUT2D eigenvalue weighted by Gasteiger charge is -2.24. The molecule has 2 N–H and O–H groups in total. The molecule has 3 rings (SSSR count). The van der Waals surface area contributed by atoms with Gasteiger partial charge in [-0.3, -0.25) is 4.79 Å². The molecule has 5 heteroatoms. The van der Waals surface area contributed by atoms with Gasteiger partial charge in [0.05, 0.1) is 41.7 Å². The first kappa shape index (κ1) is 15.4. The minimum absolute atomic E-state index is 0.0354. The van der Waals surface area contributed by atoms with Crippen molar-refractivity contribution >= 4 is 22.5 Å². The molecule has 4 nitrogen and oxygen atoms in total. The number of likely N-dealkylation sites (tertiary alicyclic amines) is 1. The highest BCUT2D eigenvalue weighted by Crippen LogP contribution is 2.28. The molecule has 0 atom stereocenters. The topological polar surface area (TPSA) is 46.5 Å². The van der Waals surface area contributed by atoms with E-state index < -0.39 is 0 Å². The van der Waals surface area contributed by atoms with E-state index in [0.717, 1.165) is 30.9 Å². The number of aromatic amines is 1. The fraction of sp³-hybridized carbons (Fsp3) is 0.471. The van der Waals surface area contributed by atoms with Crippen molar-refractivity contribution < 1.29 is 9.64 Å². The Balaban J connectivity index is 2.11. The molecule has 0 amide bonds. The standard InChI is InChI=1S/C17H21ClN2O2/c1-11-12(10-20-8-4-3-5-9-20)17(21)15-13(18)6-7-14(22-2)16(15)19-11/h6-7H,3-5,8-10H2,1-2H3,(H,19,21)/p+1. The molecule has 1 aliphatic rings. The van der Waals surface area contributed by atoms with E-state index in [1.807, 2.05) is 6.92 Å².